The summed E-state index contributed by atoms with van der Waals surface area (Å²) in [7, 11) is 0. The van der Waals surface area contributed by atoms with Crippen LogP contribution in [0.25, 0.3) is 0 Å². The summed E-state index contributed by atoms with van der Waals surface area (Å²) in [4.78, 5) is 3.99. The van der Waals surface area contributed by atoms with Crippen LogP contribution in [0.3, 0.4) is 0 Å². The fourth-order valence-corrected chi connectivity index (χ4v) is 3.77. The summed E-state index contributed by atoms with van der Waals surface area (Å²) in [6.45, 7) is 4.56. The predicted molar refractivity (Wildman–Crippen MR) is 85.9 cm³/mol. The molecule has 1 fully saturated rings. The third-order valence-corrected chi connectivity index (χ3v) is 4.95. The van der Waals surface area contributed by atoms with Crippen LogP contribution < -0.4 is 0 Å². The Bertz CT molecular complexity index is 451. The number of nitrogens with zero attached hydrogens (tertiary/aromatic N) is 1. The lowest BCUT2D eigenvalue weighted by molar-refractivity contribution is 0.157. The topological polar surface area (TPSA) is 23.5 Å². The molecule has 0 atom stereocenters. The van der Waals surface area contributed by atoms with Crippen LogP contribution in [0.15, 0.2) is 11.4 Å². The summed E-state index contributed by atoms with van der Waals surface area (Å²) >= 11 is 1.81. The second-order valence-corrected chi connectivity index (χ2v) is 6.39. The van der Waals surface area contributed by atoms with Crippen LogP contribution in [0, 0.1) is 11.8 Å². The normalized spacial score (nSPS) is 16.1. The Labute approximate surface area is 126 Å². The van der Waals surface area contributed by atoms with Crippen LogP contribution in [-0.4, -0.2) is 29.2 Å². The molecule has 0 amide bonds. The second-order valence-electron chi connectivity index (χ2n) is 5.39. The molecule has 1 saturated carbocycles. The van der Waals surface area contributed by atoms with Crippen LogP contribution >= 0.6 is 11.3 Å². The van der Waals surface area contributed by atoms with Gasteiger partial charge in [0, 0.05) is 29.4 Å². The van der Waals surface area contributed by atoms with E-state index < -0.39 is 0 Å². The van der Waals surface area contributed by atoms with E-state index >= 15 is 0 Å². The lowest BCUT2D eigenvalue weighted by Crippen LogP contribution is -2.36. The summed E-state index contributed by atoms with van der Waals surface area (Å²) in [5, 5.41) is 10.9. The maximum absolute atomic E-state index is 8.81. The van der Waals surface area contributed by atoms with Gasteiger partial charge in [-0.05, 0) is 30.8 Å². The standard InChI is InChI=1S/C17H25NOS/c1-2-18(16-9-4-3-5-10-16)14-17-15(11-13-20-17)8-6-7-12-19/h11,13,16,19H,2-5,7,9-10,12,14H2,1H3. The Balaban J connectivity index is 2.00. The molecule has 3 heteroatoms. The first-order chi connectivity index (χ1) is 9.85. The SMILES string of the molecule is CCN(Cc1sccc1C#CCCO)C1CCCCC1. The second kappa shape index (κ2) is 8.46. The lowest BCUT2D eigenvalue weighted by atomic mass is 9.94. The van der Waals surface area contributed by atoms with Gasteiger partial charge in [0.15, 0.2) is 0 Å². The maximum Gasteiger partial charge on any atom is 0.0540 e. The fraction of sp³-hybridized carbons (Fsp3) is 0.647. The van der Waals surface area contributed by atoms with Crippen molar-refractivity contribution in [2.45, 2.75) is 58.0 Å². The average molecular weight is 291 g/mol. The van der Waals surface area contributed by atoms with Gasteiger partial charge in [0.25, 0.3) is 0 Å². The first-order valence-corrected chi connectivity index (χ1v) is 8.63. The van der Waals surface area contributed by atoms with Crippen LogP contribution in [0.2, 0.25) is 0 Å². The van der Waals surface area contributed by atoms with Crippen molar-refractivity contribution in [2.24, 2.45) is 0 Å². The van der Waals surface area contributed by atoms with Crippen LogP contribution in [0.1, 0.15) is 55.9 Å². The Hall–Kier alpha value is -0.820. The molecule has 0 radical (unpaired) electrons. The van der Waals surface area contributed by atoms with Crippen molar-refractivity contribution < 1.29 is 5.11 Å². The van der Waals surface area contributed by atoms with Crippen molar-refractivity contribution >= 4 is 11.3 Å². The summed E-state index contributed by atoms with van der Waals surface area (Å²) in [6.07, 6.45) is 7.44. The molecule has 0 spiro atoms. The van der Waals surface area contributed by atoms with Crippen molar-refractivity contribution in [3.05, 3.63) is 21.9 Å². The molecule has 0 aliphatic heterocycles. The van der Waals surface area contributed by atoms with Gasteiger partial charge in [0.1, 0.15) is 0 Å². The minimum Gasteiger partial charge on any atom is -0.395 e. The van der Waals surface area contributed by atoms with E-state index in [9.17, 15) is 0 Å². The molecule has 0 saturated heterocycles. The minimum absolute atomic E-state index is 0.148. The first-order valence-electron chi connectivity index (χ1n) is 7.75. The van der Waals surface area contributed by atoms with Crippen LogP contribution in [0.5, 0.6) is 0 Å². The zero-order chi connectivity index (χ0) is 14.2. The van der Waals surface area contributed by atoms with E-state index in [2.05, 4.69) is 35.1 Å². The van der Waals surface area contributed by atoms with E-state index in [0.29, 0.717) is 6.42 Å². The molecule has 1 N–H and O–H groups in total. The van der Waals surface area contributed by atoms with Gasteiger partial charge in [-0.2, -0.15) is 0 Å². The Morgan fingerprint density at radius 1 is 1.35 bits per heavy atom. The third kappa shape index (κ3) is 4.34. The number of hydrogen-bond acceptors (Lipinski definition) is 3. The van der Waals surface area contributed by atoms with Gasteiger partial charge >= 0.3 is 0 Å². The number of aliphatic hydroxyl groups excluding tert-OH is 1. The summed E-state index contributed by atoms with van der Waals surface area (Å²) < 4.78 is 0. The number of rotatable bonds is 5. The van der Waals surface area contributed by atoms with E-state index in [0.717, 1.165) is 24.7 Å². The van der Waals surface area contributed by atoms with E-state index in [1.54, 1.807) is 0 Å². The number of hydrogen-bond donors (Lipinski definition) is 1. The van der Waals surface area contributed by atoms with Gasteiger partial charge in [-0.15, -0.1) is 11.3 Å². The Kier molecular flexibility index (Phi) is 6.59. The molecule has 0 unspecified atom stereocenters. The van der Waals surface area contributed by atoms with Gasteiger partial charge in [0.05, 0.1) is 6.61 Å². The molecule has 0 bridgehead atoms. The molecule has 1 heterocycles. The molecule has 1 aromatic heterocycles. The molecule has 110 valence electrons. The minimum atomic E-state index is 0.148. The highest BCUT2D eigenvalue weighted by atomic mass is 32.1. The predicted octanol–water partition coefficient (Wildman–Crippen LogP) is 3.64. The molecule has 0 aromatic carbocycles. The van der Waals surface area contributed by atoms with Crippen molar-refractivity contribution in [3.63, 3.8) is 0 Å². The van der Waals surface area contributed by atoms with E-state index in [1.165, 1.54) is 37.0 Å². The van der Waals surface area contributed by atoms with Gasteiger partial charge < -0.3 is 5.11 Å². The largest absolute Gasteiger partial charge is 0.395 e. The van der Waals surface area contributed by atoms with Crippen LogP contribution in [-0.2, 0) is 6.54 Å². The van der Waals surface area contributed by atoms with Crippen molar-refractivity contribution in [3.8, 4) is 11.8 Å². The zero-order valence-corrected chi connectivity index (χ0v) is 13.2. The lowest BCUT2D eigenvalue weighted by Gasteiger charge is -2.33. The number of thiophene rings is 1. The smallest absolute Gasteiger partial charge is 0.0540 e. The van der Waals surface area contributed by atoms with E-state index in [1.807, 2.05) is 11.3 Å². The molecule has 1 aliphatic carbocycles. The molecule has 1 aliphatic rings. The van der Waals surface area contributed by atoms with Gasteiger partial charge in [-0.1, -0.05) is 38.0 Å². The molecular formula is C17H25NOS. The molecule has 2 rings (SSSR count). The first kappa shape index (κ1) is 15.6. The highest BCUT2D eigenvalue weighted by Crippen LogP contribution is 2.26. The van der Waals surface area contributed by atoms with Crippen molar-refractivity contribution in [1.29, 1.82) is 0 Å². The summed E-state index contributed by atoms with van der Waals surface area (Å²) in [5.41, 5.74) is 1.15. The van der Waals surface area contributed by atoms with Gasteiger partial charge in [-0.3, -0.25) is 4.90 Å². The summed E-state index contributed by atoms with van der Waals surface area (Å²) in [6, 6.07) is 2.87. The Morgan fingerprint density at radius 2 is 2.15 bits per heavy atom. The molecule has 1 aromatic rings. The Morgan fingerprint density at radius 3 is 2.85 bits per heavy atom. The highest BCUT2D eigenvalue weighted by Gasteiger charge is 2.20. The quantitative estimate of drug-likeness (QED) is 0.837. The van der Waals surface area contributed by atoms with Gasteiger partial charge in [0.2, 0.25) is 0 Å². The van der Waals surface area contributed by atoms with E-state index in [4.69, 9.17) is 5.11 Å². The monoisotopic (exact) mass is 291 g/mol. The fourth-order valence-electron chi connectivity index (χ4n) is 2.92. The third-order valence-electron chi connectivity index (χ3n) is 4.05. The highest BCUT2D eigenvalue weighted by molar-refractivity contribution is 7.10. The van der Waals surface area contributed by atoms with Crippen molar-refractivity contribution in [1.82, 2.24) is 4.90 Å². The molecule has 20 heavy (non-hydrogen) atoms. The zero-order valence-electron chi connectivity index (χ0n) is 12.4. The molecule has 2 nitrogen and oxygen atoms in total. The van der Waals surface area contributed by atoms with Gasteiger partial charge in [-0.25, -0.2) is 0 Å². The summed E-state index contributed by atoms with van der Waals surface area (Å²) in [5.74, 6) is 6.24. The van der Waals surface area contributed by atoms with E-state index in [-0.39, 0.29) is 6.61 Å². The van der Waals surface area contributed by atoms with Crippen LogP contribution in [0.4, 0.5) is 0 Å². The number of aliphatic hydroxyl groups is 1. The van der Waals surface area contributed by atoms with Crippen molar-refractivity contribution in [2.75, 3.05) is 13.2 Å². The average Bonchev–Trinajstić information content (AvgIpc) is 2.93. The molecular weight excluding hydrogens is 266 g/mol. The maximum atomic E-state index is 8.81.